The lowest BCUT2D eigenvalue weighted by Gasteiger charge is -2.31. The molecule has 2 rings (SSSR count). The highest BCUT2D eigenvalue weighted by Crippen LogP contribution is 2.29. The number of ether oxygens (including phenoxy) is 1. The summed E-state index contributed by atoms with van der Waals surface area (Å²) in [7, 11) is 0. The molecule has 2 saturated heterocycles. The molecule has 0 aromatic rings. The van der Waals surface area contributed by atoms with Gasteiger partial charge in [0.2, 0.25) is 5.91 Å². The van der Waals surface area contributed by atoms with Crippen LogP contribution in [-0.2, 0) is 14.3 Å². The van der Waals surface area contributed by atoms with Crippen LogP contribution in [0.3, 0.4) is 0 Å². The van der Waals surface area contributed by atoms with E-state index < -0.39 is 12.0 Å². The Kier molecular flexibility index (Phi) is 2.16. The molecule has 0 saturated carbocycles. The smallest absolute Gasteiger partial charge is 0.320 e. The molecule has 3 N–H and O–H groups in total. The highest BCUT2D eigenvalue weighted by Gasteiger charge is 2.45. The fraction of sp³-hybridized carbons (Fsp3) is 0.750. The van der Waals surface area contributed by atoms with Gasteiger partial charge in [0, 0.05) is 13.0 Å². The molecule has 6 nitrogen and oxygen atoms in total. The van der Waals surface area contributed by atoms with Gasteiger partial charge in [-0.3, -0.25) is 9.59 Å². The van der Waals surface area contributed by atoms with E-state index >= 15 is 0 Å². The SMILES string of the molecule is N[C@@H](CC1CN2C(=O)CC2O1)C(=O)O. The molecule has 0 bridgehead atoms. The van der Waals surface area contributed by atoms with E-state index in [1.165, 1.54) is 0 Å². The molecule has 0 radical (unpaired) electrons. The van der Waals surface area contributed by atoms with Crippen molar-refractivity contribution in [2.45, 2.75) is 31.2 Å². The highest BCUT2D eigenvalue weighted by molar-refractivity contribution is 5.83. The van der Waals surface area contributed by atoms with E-state index in [1.54, 1.807) is 4.90 Å². The highest BCUT2D eigenvalue weighted by atomic mass is 16.5. The van der Waals surface area contributed by atoms with Crippen LogP contribution in [0.2, 0.25) is 0 Å². The molecule has 2 unspecified atom stereocenters. The van der Waals surface area contributed by atoms with Gasteiger partial charge in [-0.1, -0.05) is 0 Å². The maximum Gasteiger partial charge on any atom is 0.320 e. The number of amides is 1. The summed E-state index contributed by atoms with van der Waals surface area (Å²) < 4.78 is 5.41. The van der Waals surface area contributed by atoms with Crippen molar-refractivity contribution in [1.82, 2.24) is 4.90 Å². The Morgan fingerprint density at radius 1 is 1.79 bits per heavy atom. The van der Waals surface area contributed by atoms with Crippen LogP contribution in [0, 0.1) is 0 Å². The van der Waals surface area contributed by atoms with Crippen molar-refractivity contribution in [3.05, 3.63) is 0 Å². The van der Waals surface area contributed by atoms with Gasteiger partial charge >= 0.3 is 5.97 Å². The zero-order valence-corrected chi connectivity index (χ0v) is 7.55. The quantitative estimate of drug-likeness (QED) is 0.555. The first-order valence-electron chi connectivity index (χ1n) is 4.51. The lowest BCUT2D eigenvalue weighted by molar-refractivity contribution is -0.157. The summed E-state index contributed by atoms with van der Waals surface area (Å²) in [6.07, 6.45) is 0.320. The summed E-state index contributed by atoms with van der Waals surface area (Å²) in [5.74, 6) is -0.962. The second-order valence-corrected chi connectivity index (χ2v) is 3.64. The van der Waals surface area contributed by atoms with Gasteiger partial charge in [0.05, 0.1) is 12.5 Å². The van der Waals surface area contributed by atoms with Crippen molar-refractivity contribution in [3.8, 4) is 0 Å². The summed E-state index contributed by atoms with van der Waals surface area (Å²) in [6.45, 7) is 0.477. The van der Waals surface area contributed by atoms with Gasteiger partial charge in [0.15, 0.2) is 0 Å². The van der Waals surface area contributed by atoms with Crippen LogP contribution in [0.4, 0.5) is 0 Å². The van der Waals surface area contributed by atoms with E-state index in [1.807, 2.05) is 0 Å². The zero-order valence-electron chi connectivity index (χ0n) is 7.55. The molecule has 2 aliphatic heterocycles. The molecule has 2 fully saturated rings. The normalized spacial score (nSPS) is 32.4. The second kappa shape index (κ2) is 3.21. The predicted octanol–water partition coefficient (Wildman–Crippen LogP) is -1.25. The van der Waals surface area contributed by atoms with Gasteiger partial charge in [-0.2, -0.15) is 0 Å². The second-order valence-electron chi connectivity index (χ2n) is 3.64. The molecular weight excluding hydrogens is 188 g/mol. The number of nitrogens with zero attached hydrogens (tertiary/aromatic N) is 1. The lowest BCUT2D eigenvalue weighted by atomic mass is 10.1. The Morgan fingerprint density at radius 3 is 3.00 bits per heavy atom. The molecule has 0 aromatic heterocycles. The number of nitrogens with two attached hydrogens (primary N) is 1. The Hall–Kier alpha value is -1.14. The third-order valence-electron chi connectivity index (χ3n) is 2.60. The van der Waals surface area contributed by atoms with Crippen LogP contribution < -0.4 is 5.73 Å². The topological polar surface area (TPSA) is 92.9 Å². The van der Waals surface area contributed by atoms with Crippen LogP contribution >= 0.6 is 0 Å². The maximum atomic E-state index is 11.0. The Bertz CT molecular complexity index is 281. The Balaban J connectivity index is 1.84. The standard InChI is InChI=1S/C8H12N2O4/c9-5(8(12)13)1-4-3-10-6(11)2-7(10)14-4/h4-5,7H,1-3,9H2,(H,12,13)/t4?,5-,7?/m0/s1. The van der Waals surface area contributed by atoms with E-state index in [9.17, 15) is 9.59 Å². The van der Waals surface area contributed by atoms with E-state index in [-0.39, 0.29) is 24.7 Å². The van der Waals surface area contributed by atoms with Crippen LogP contribution in [0.1, 0.15) is 12.8 Å². The molecule has 78 valence electrons. The van der Waals surface area contributed by atoms with E-state index in [0.29, 0.717) is 13.0 Å². The van der Waals surface area contributed by atoms with E-state index in [2.05, 4.69) is 0 Å². The van der Waals surface area contributed by atoms with E-state index in [4.69, 9.17) is 15.6 Å². The number of carbonyl (C=O) groups is 2. The minimum Gasteiger partial charge on any atom is -0.480 e. The molecule has 2 heterocycles. The summed E-state index contributed by atoms with van der Waals surface area (Å²) >= 11 is 0. The van der Waals surface area contributed by atoms with E-state index in [0.717, 1.165) is 0 Å². The Morgan fingerprint density at radius 2 is 2.50 bits per heavy atom. The van der Waals surface area contributed by atoms with Gasteiger partial charge in [-0.25, -0.2) is 0 Å². The van der Waals surface area contributed by atoms with Crippen LogP contribution in [0.5, 0.6) is 0 Å². The molecular formula is C8H12N2O4. The summed E-state index contributed by atoms with van der Waals surface area (Å²) in [5, 5.41) is 8.58. The molecule has 0 aromatic carbocycles. The minimum atomic E-state index is -1.03. The van der Waals surface area contributed by atoms with Crippen LogP contribution in [0.25, 0.3) is 0 Å². The van der Waals surface area contributed by atoms with Gasteiger partial charge in [-0.05, 0) is 0 Å². The van der Waals surface area contributed by atoms with Crippen molar-refractivity contribution in [2.24, 2.45) is 5.73 Å². The number of carboxylic acid groups (broad SMARTS) is 1. The molecule has 2 aliphatic rings. The third kappa shape index (κ3) is 1.46. The van der Waals surface area contributed by atoms with Gasteiger partial charge in [0.1, 0.15) is 12.3 Å². The molecule has 0 aliphatic carbocycles. The number of hydrogen-bond donors (Lipinski definition) is 2. The fourth-order valence-corrected chi connectivity index (χ4v) is 1.76. The fourth-order valence-electron chi connectivity index (χ4n) is 1.76. The van der Waals surface area contributed by atoms with Crippen molar-refractivity contribution in [2.75, 3.05) is 6.54 Å². The van der Waals surface area contributed by atoms with Gasteiger partial charge in [-0.15, -0.1) is 0 Å². The van der Waals surface area contributed by atoms with Crippen LogP contribution in [0.15, 0.2) is 0 Å². The Labute approximate surface area is 80.6 Å². The largest absolute Gasteiger partial charge is 0.480 e. The van der Waals surface area contributed by atoms with Crippen molar-refractivity contribution in [1.29, 1.82) is 0 Å². The van der Waals surface area contributed by atoms with Crippen molar-refractivity contribution >= 4 is 11.9 Å². The summed E-state index contributed by atoms with van der Waals surface area (Å²) in [5.41, 5.74) is 5.36. The number of aliphatic carboxylic acids is 1. The first-order chi connectivity index (χ1) is 6.58. The van der Waals surface area contributed by atoms with Crippen molar-refractivity contribution in [3.63, 3.8) is 0 Å². The number of hydrogen-bond acceptors (Lipinski definition) is 4. The predicted molar refractivity (Wildman–Crippen MR) is 45.2 cm³/mol. The lowest BCUT2D eigenvalue weighted by Crippen LogP contribution is -2.48. The number of β-lactam (4-membered cyclic amide) rings is 1. The van der Waals surface area contributed by atoms with Crippen LogP contribution in [-0.4, -0.2) is 46.8 Å². The first-order valence-corrected chi connectivity index (χ1v) is 4.51. The molecule has 3 atom stereocenters. The van der Waals surface area contributed by atoms with Gasteiger partial charge < -0.3 is 20.5 Å². The molecule has 14 heavy (non-hydrogen) atoms. The number of carbonyl (C=O) groups excluding carboxylic acids is 1. The third-order valence-corrected chi connectivity index (χ3v) is 2.60. The van der Waals surface area contributed by atoms with Crippen molar-refractivity contribution < 1.29 is 19.4 Å². The first kappa shape index (κ1) is 9.42. The molecule has 1 amide bonds. The summed E-state index contributed by atoms with van der Waals surface area (Å²) in [4.78, 5) is 23.1. The average Bonchev–Trinajstić information content (AvgIpc) is 2.42. The van der Waals surface area contributed by atoms with Gasteiger partial charge in [0.25, 0.3) is 0 Å². The monoisotopic (exact) mass is 200 g/mol. The summed E-state index contributed by atoms with van der Waals surface area (Å²) in [6, 6.07) is -0.909. The zero-order chi connectivity index (χ0) is 10.3. The average molecular weight is 200 g/mol. The molecule has 0 spiro atoms. The number of fused-ring (bicyclic) bond motifs is 1. The maximum absolute atomic E-state index is 11.0. The minimum absolute atomic E-state index is 0.0707. The number of carboxylic acids is 1. The number of rotatable bonds is 3. The molecule has 6 heteroatoms.